The molecule has 0 fully saturated rings. The van der Waals surface area contributed by atoms with Gasteiger partial charge in [-0.2, -0.15) is 0 Å². The number of hydrogen-bond donors (Lipinski definition) is 2. The second-order valence-corrected chi connectivity index (χ2v) is 8.65. The number of allylic oxidation sites excluding steroid dienone is 3. The average molecular weight is 370 g/mol. The summed E-state index contributed by atoms with van der Waals surface area (Å²) in [6.45, 7) is 1.77. The first-order chi connectivity index (χ1) is 12.0. The summed E-state index contributed by atoms with van der Waals surface area (Å²) < 4.78 is 4.68. The fourth-order valence-corrected chi connectivity index (χ4v) is 6.59. The van der Waals surface area contributed by atoms with E-state index in [0.717, 1.165) is 0 Å². The molecule has 6 nitrogen and oxygen atoms in total. The molecule has 0 radical (unpaired) electrons. The van der Waals surface area contributed by atoms with E-state index in [2.05, 4.69) is 10.2 Å². The van der Waals surface area contributed by atoms with Crippen LogP contribution in [0.3, 0.4) is 0 Å². The second-order valence-electron chi connectivity index (χ2n) is 5.87. The van der Waals surface area contributed by atoms with Crippen LogP contribution in [0.2, 0.25) is 0 Å². The summed E-state index contributed by atoms with van der Waals surface area (Å²) >= 11 is 2.47. The van der Waals surface area contributed by atoms with Crippen LogP contribution < -0.4 is 10.3 Å². The van der Waals surface area contributed by atoms with Crippen LogP contribution >= 0.6 is 23.5 Å². The van der Waals surface area contributed by atoms with E-state index >= 15 is 0 Å². The van der Waals surface area contributed by atoms with E-state index in [1.807, 2.05) is 0 Å². The van der Waals surface area contributed by atoms with Crippen molar-refractivity contribution in [2.24, 2.45) is 0 Å². The maximum Gasteiger partial charge on any atom is 0.273 e. The van der Waals surface area contributed by atoms with Crippen LogP contribution in [0.5, 0.6) is 5.88 Å². The molecule has 0 amide bonds. The minimum atomic E-state index is -0.886. The van der Waals surface area contributed by atoms with E-state index in [-0.39, 0.29) is 17.1 Å². The van der Waals surface area contributed by atoms with Crippen LogP contribution in [0.15, 0.2) is 50.7 Å². The smallest absolute Gasteiger partial charge is 0.273 e. The second kappa shape index (κ2) is 4.80. The number of ether oxygens (including phenoxy) is 1. The Labute approximate surface area is 149 Å². The minimum Gasteiger partial charge on any atom is -0.444 e. The SMILES string of the molecule is CC1=CC2(SC3=C(S2)C(=O)c2ccccc2C3=O)c2c([nH][nH]c2=O)O1. The third kappa shape index (κ3) is 1.86. The number of carbonyl (C=O) groups is 2. The molecule has 0 unspecified atom stereocenters. The van der Waals surface area contributed by atoms with E-state index < -0.39 is 4.08 Å². The molecule has 0 saturated heterocycles. The van der Waals surface area contributed by atoms with Crippen molar-refractivity contribution >= 4 is 35.1 Å². The van der Waals surface area contributed by atoms with Crippen molar-refractivity contribution in [2.75, 3.05) is 0 Å². The molecule has 1 aromatic carbocycles. The molecule has 0 atom stereocenters. The molecular formula is C17H10N2O4S2. The fourth-order valence-electron chi connectivity index (χ4n) is 3.27. The zero-order valence-corrected chi connectivity index (χ0v) is 14.5. The largest absolute Gasteiger partial charge is 0.444 e. The number of aromatic nitrogens is 2. The number of thioether (sulfide) groups is 2. The summed E-state index contributed by atoms with van der Waals surface area (Å²) in [6.07, 6.45) is 1.79. The number of carbonyl (C=O) groups excluding carboxylic acids is 2. The van der Waals surface area contributed by atoms with Crippen molar-refractivity contribution in [3.05, 3.63) is 73.0 Å². The molecule has 5 rings (SSSR count). The molecule has 2 N–H and O–H groups in total. The average Bonchev–Trinajstić information content (AvgIpc) is 3.15. The molecule has 0 saturated carbocycles. The Morgan fingerprint density at radius 2 is 1.56 bits per heavy atom. The molecule has 2 aliphatic heterocycles. The van der Waals surface area contributed by atoms with Gasteiger partial charge in [-0.1, -0.05) is 47.8 Å². The molecule has 25 heavy (non-hydrogen) atoms. The summed E-state index contributed by atoms with van der Waals surface area (Å²) in [5.41, 5.74) is 0.878. The lowest BCUT2D eigenvalue weighted by Gasteiger charge is -2.27. The number of aromatic amines is 2. The standard InChI is InChI=1S/C17H10N2O4S2/c1-7-6-17(10-15(22)18-19-16(10)23-7)24-13-11(20)8-4-2-3-5-9(8)12(21)14(13)25-17/h2-6H,1H3,(H2,18,19,22). The van der Waals surface area contributed by atoms with Gasteiger partial charge < -0.3 is 4.74 Å². The Balaban J connectivity index is 1.69. The zero-order chi connectivity index (χ0) is 17.3. The molecule has 1 aliphatic carbocycles. The minimum absolute atomic E-state index is 0.175. The van der Waals surface area contributed by atoms with E-state index in [9.17, 15) is 14.4 Å². The van der Waals surface area contributed by atoms with Gasteiger partial charge in [-0.15, -0.1) is 0 Å². The summed E-state index contributed by atoms with van der Waals surface area (Å²) in [7, 11) is 0. The van der Waals surface area contributed by atoms with Gasteiger partial charge >= 0.3 is 0 Å². The lowest BCUT2D eigenvalue weighted by atomic mass is 9.94. The predicted molar refractivity (Wildman–Crippen MR) is 94.8 cm³/mol. The maximum atomic E-state index is 12.9. The Bertz CT molecular complexity index is 1060. The predicted octanol–water partition coefficient (Wildman–Crippen LogP) is 2.92. The van der Waals surface area contributed by atoms with Gasteiger partial charge in [-0.05, 0) is 13.0 Å². The number of Topliss-reactive ketones (excluding diaryl/α,β-unsaturated/α-hetero) is 2. The quantitative estimate of drug-likeness (QED) is 0.741. The van der Waals surface area contributed by atoms with Gasteiger partial charge in [0.15, 0.2) is 0 Å². The number of fused-ring (bicyclic) bond motifs is 3. The van der Waals surface area contributed by atoms with Crippen molar-refractivity contribution in [1.29, 1.82) is 0 Å². The van der Waals surface area contributed by atoms with E-state index in [0.29, 0.717) is 38.1 Å². The summed E-state index contributed by atoms with van der Waals surface area (Å²) in [5, 5.41) is 5.23. The summed E-state index contributed by atoms with van der Waals surface area (Å²) in [5.74, 6) is 0.568. The lowest BCUT2D eigenvalue weighted by Crippen LogP contribution is -2.25. The monoisotopic (exact) mass is 370 g/mol. The third-order valence-corrected chi connectivity index (χ3v) is 7.36. The van der Waals surface area contributed by atoms with E-state index in [4.69, 9.17) is 4.74 Å². The van der Waals surface area contributed by atoms with E-state index in [1.165, 1.54) is 23.5 Å². The summed E-state index contributed by atoms with van der Waals surface area (Å²) in [6, 6.07) is 6.81. The van der Waals surface area contributed by atoms with Gasteiger partial charge in [0.25, 0.3) is 5.56 Å². The number of ketones is 2. The van der Waals surface area contributed by atoms with Crippen molar-refractivity contribution < 1.29 is 14.3 Å². The Kier molecular flexibility index (Phi) is 2.85. The molecule has 3 aliphatic rings. The Hall–Kier alpha value is -2.45. The molecule has 0 bridgehead atoms. The van der Waals surface area contributed by atoms with Crippen LogP contribution in [0.4, 0.5) is 0 Å². The van der Waals surface area contributed by atoms with Crippen molar-refractivity contribution in [3.8, 4) is 5.88 Å². The number of nitrogens with one attached hydrogen (secondary N) is 2. The van der Waals surface area contributed by atoms with Gasteiger partial charge in [-0.25, -0.2) is 0 Å². The van der Waals surface area contributed by atoms with Crippen LogP contribution in [0.1, 0.15) is 33.2 Å². The van der Waals surface area contributed by atoms with Gasteiger partial charge in [0.1, 0.15) is 15.4 Å². The normalized spacial score (nSPS) is 20.1. The molecule has 1 aromatic heterocycles. The molecule has 1 spiro atoms. The molecule has 3 heterocycles. The van der Waals surface area contributed by atoms with Crippen LogP contribution in [0.25, 0.3) is 0 Å². The number of hydrogen-bond acceptors (Lipinski definition) is 6. The van der Waals surface area contributed by atoms with Crippen LogP contribution in [-0.4, -0.2) is 21.8 Å². The highest BCUT2D eigenvalue weighted by atomic mass is 32.2. The topological polar surface area (TPSA) is 92.0 Å². The molecular weight excluding hydrogens is 360 g/mol. The first kappa shape index (κ1) is 14.9. The number of benzene rings is 1. The summed E-state index contributed by atoms with van der Waals surface area (Å²) in [4.78, 5) is 38.9. The highest BCUT2D eigenvalue weighted by Crippen LogP contribution is 2.64. The Morgan fingerprint density at radius 1 is 0.960 bits per heavy atom. The van der Waals surface area contributed by atoms with Crippen molar-refractivity contribution in [2.45, 2.75) is 11.0 Å². The molecule has 2 aromatic rings. The van der Waals surface area contributed by atoms with Gasteiger partial charge in [0.2, 0.25) is 17.4 Å². The Morgan fingerprint density at radius 3 is 2.16 bits per heavy atom. The highest BCUT2D eigenvalue weighted by molar-refractivity contribution is 8.25. The number of H-pyrrole nitrogens is 2. The lowest BCUT2D eigenvalue weighted by molar-refractivity contribution is 0.0988. The van der Waals surface area contributed by atoms with Gasteiger partial charge in [-0.3, -0.25) is 24.6 Å². The van der Waals surface area contributed by atoms with Crippen molar-refractivity contribution in [1.82, 2.24) is 10.2 Å². The maximum absolute atomic E-state index is 12.9. The molecule has 124 valence electrons. The zero-order valence-electron chi connectivity index (χ0n) is 12.8. The van der Waals surface area contributed by atoms with Crippen LogP contribution in [-0.2, 0) is 4.08 Å². The fraction of sp³-hybridized carbons (Fsp3) is 0.118. The van der Waals surface area contributed by atoms with Crippen molar-refractivity contribution in [3.63, 3.8) is 0 Å². The molecule has 8 heteroatoms. The number of rotatable bonds is 0. The van der Waals surface area contributed by atoms with Gasteiger partial charge in [0.05, 0.1) is 9.81 Å². The highest BCUT2D eigenvalue weighted by Gasteiger charge is 2.52. The first-order valence-corrected chi connectivity index (χ1v) is 9.12. The van der Waals surface area contributed by atoms with Crippen LogP contribution in [0, 0.1) is 0 Å². The van der Waals surface area contributed by atoms with Gasteiger partial charge in [0, 0.05) is 11.1 Å². The first-order valence-electron chi connectivity index (χ1n) is 7.49. The third-order valence-electron chi connectivity index (χ3n) is 4.29. The van der Waals surface area contributed by atoms with E-state index in [1.54, 1.807) is 37.3 Å².